The molecule has 0 unspecified atom stereocenters. The lowest BCUT2D eigenvalue weighted by atomic mass is 10.1. The Hall–Kier alpha value is -2.89. The van der Waals surface area contributed by atoms with Crippen molar-refractivity contribution in [3.8, 4) is 0 Å². The number of nitrogens with one attached hydrogen (secondary N) is 1. The largest absolute Gasteiger partial charge is 0.416 e. The van der Waals surface area contributed by atoms with Crippen molar-refractivity contribution in [3.63, 3.8) is 0 Å². The van der Waals surface area contributed by atoms with E-state index in [1.165, 1.54) is 57.8 Å². The van der Waals surface area contributed by atoms with Gasteiger partial charge in [0.05, 0.1) is 17.5 Å². The third-order valence-electron chi connectivity index (χ3n) is 4.59. The normalized spacial score (nSPS) is 11.9. The summed E-state index contributed by atoms with van der Waals surface area (Å²) in [4.78, 5) is 12.0. The SMILES string of the molecule is O=C(CSc1nnc(SCc2cccc3ccccc23)s1)N/N=C/c1ccc(C(F)(F)F)cc1. The number of alkyl halides is 3. The number of hydrazone groups is 1. The van der Waals surface area contributed by atoms with Gasteiger partial charge in [0.2, 0.25) is 0 Å². The van der Waals surface area contributed by atoms with Gasteiger partial charge in [-0.3, -0.25) is 4.79 Å². The molecule has 0 spiro atoms. The number of rotatable bonds is 8. The molecular formula is C23H17F3N4OS3. The Morgan fingerprint density at radius 1 is 0.971 bits per heavy atom. The van der Waals surface area contributed by atoms with Crippen molar-refractivity contribution in [1.82, 2.24) is 15.6 Å². The van der Waals surface area contributed by atoms with E-state index in [-0.39, 0.29) is 11.7 Å². The monoisotopic (exact) mass is 518 g/mol. The first kappa shape index (κ1) is 24.2. The number of halogens is 3. The molecule has 11 heteroatoms. The summed E-state index contributed by atoms with van der Waals surface area (Å²) < 4.78 is 39.2. The van der Waals surface area contributed by atoms with Gasteiger partial charge in [0.25, 0.3) is 5.91 Å². The van der Waals surface area contributed by atoms with Crippen LogP contribution in [0.5, 0.6) is 0 Å². The standard InChI is InChI=1S/C23H17F3N4OS3/c24-23(25,26)18-10-8-15(9-11-18)12-27-28-20(31)14-33-22-30-29-21(34-22)32-13-17-6-3-5-16-4-1-2-7-19(16)17/h1-12H,13-14H2,(H,28,31)/b27-12+. The van der Waals surface area contributed by atoms with Crippen molar-refractivity contribution in [2.24, 2.45) is 5.10 Å². The van der Waals surface area contributed by atoms with Gasteiger partial charge in [0.15, 0.2) is 8.68 Å². The molecular weight excluding hydrogens is 501 g/mol. The zero-order valence-corrected chi connectivity index (χ0v) is 19.9. The van der Waals surface area contributed by atoms with Crippen LogP contribution in [-0.4, -0.2) is 28.1 Å². The smallest absolute Gasteiger partial charge is 0.272 e. The number of benzene rings is 3. The average Bonchev–Trinajstić information content (AvgIpc) is 3.29. The highest BCUT2D eigenvalue weighted by atomic mass is 32.2. The van der Waals surface area contributed by atoms with Crippen LogP contribution >= 0.6 is 34.9 Å². The van der Waals surface area contributed by atoms with E-state index < -0.39 is 11.7 Å². The minimum Gasteiger partial charge on any atom is -0.272 e. The molecule has 0 aliphatic rings. The molecule has 1 aromatic heterocycles. The van der Waals surface area contributed by atoms with Crippen LogP contribution in [0, 0.1) is 0 Å². The van der Waals surface area contributed by atoms with Crippen molar-refractivity contribution in [2.75, 3.05) is 5.75 Å². The summed E-state index contributed by atoms with van der Waals surface area (Å²) in [7, 11) is 0. The fourth-order valence-corrected chi connectivity index (χ4v) is 5.78. The molecule has 1 N–H and O–H groups in total. The highest BCUT2D eigenvalue weighted by Gasteiger charge is 2.29. The summed E-state index contributed by atoms with van der Waals surface area (Å²) in [6, 6.07) is 18.9. The summed E-state index contributed by atoms with van der Waals surface area (Å²) in [6.45, 7) is 0. The first-order valence-corrected chi connectivity index (χ1v) is 12.7. The summed E-state index contributed by atoms with van der Waals surface area (Å²) in [6.07, 6.45) is -3.10. The van der Waals surface area contributed by atoms with E-state index >= 15 is 0 Å². The highest BCUT2D eigenvalue weighted by molar-refractivity contribution is 8.03. The van der Waals surface area contributed by atoms with E-state index in [1.54, 1.807) is 11.8 Å². The molecule has 3 aromatic carbocycles. The van der Waals surface area contributed by atoms with Crippen molar-refractivity contribution in [2.45, 2.75) is 20.6 Å². The molecule has 0 atom stereocenters. The van der Waals surface area contributed by atoms with E-state index in [0.717, 1.165) is 22.2 Å². The molecule has 0 aliphatic heterocycles. The van der Waals surface area contributed by atoms with E-state index in [9.17, 15) is 18.0 Å². The highest BCUT2D eigenvalue weighted by Crippen LogP contribution is 2.32. The first-order valence-electron chi connectivity index (χ1n) is 9.93. The third-order valence-corrected chi connectivity index (χ3v) is 7.83. The Bertz CT molecular complexity index is 1300. The van der Waals surface area contributed by atoms with Gasteiger partial charge in [-0.1, -0.05) is 89.5 Å². The molecule has 0 radical (unpaired) electrons. The molecule has 0 fully saturated rings. The van der Waals surface area contributed by atoms with Crippen LogP contribution < -0.4 is 5.43 Å². The van der Waals surface area contributed by atoms with Gasteiger partial charge in [-0.2, -0.15) is 18.3 Å². The molecule has 5 nitrogen and oxygen atoms in total. The number of thioether (sulfide) groups is 2. The number of carbonyl (C=O) groups excluding carboxylic acids is 1. The topological polar surface area (TPSA) is 67.2 Å². The number of hydrogen-bond acceptors (Lipinski definition) is 7. The first-order chi connectivity index (χ1) is 16.4. The van der Waals surface area contributed by atoms with Crippen LogP contribution in [0.1, 0.15) is 16.7 Å². The maximum absolute atomic E-state index is 12.6. The molecule has 0 aliphatic carbocycles. The molecule has 34 heavy (non-hydrogen) atoms. The van der Waals surface area contributed by atoms with Crippen LogP contribution in [0.25, 0.3) is 10.8 Å². The van der Waals surface area contributed by atoms with Crippen LogP contribution in [0.2, 0.25) is 0 Å². The predicted octanol–water partition coefficient (Wildman–Crippen LogP) is 6.24. The third kappa shape index (κ3) is 6.58. The zero-order chi connectivity index (χ0) is 24.0. The number of nitrogens with zero attached hydrogens (tertiary/aromatic N) is 3. The zero-order valence-electron chi connectivity index (χ0n) is 17.5. The Labute approximate surface area is 205 Å². The average molecular weight is 519 g/mol. The van der Waals surface area contributed by atoms with Gasteiger partial charge in [0.1, 0.15) is 0 Å². The summed E-state index contributed by atoms with van der Waals surface area (Å²) in [5, 5.41) is 14.5. The van der Waals surface area contributed by atoms with Crippen LogP contribution in [0.4, 0.5) is 13.2 Å². The van der Waals surface area contributed by atoms with Crippen molar-refractivity contribution >= 4 is 57.8 Å². The molecule has 174 valence electrons. The van der Waals surface area contributed by atoms with E-state index in [0.29, 0.717) is 9.90 Å². The second-order valence-electron chi connectivity index (χ2n) is 6.96. The van der Waals surface area contributed by atoms with E-state index in [2.05, 4.69) is 45.0 Å². The van der Waals surface area contributed by atoms with E-state index in [1.807, 2.05) is 18.2 Å². The molecule has 0 saturated heterocycles. The fourth-order valence-electron chi connectivity index (χ4n) is 2.97. The Kier molecular flexibility index (Phi) is 7.86. The molecule has 4 aromatic rings. The fraction of sp³-hybridized carbons (Fsp3) is 0.130. The van der Waals surface area contributed by atoms with Gasteiger partial charge in [0, 0.05) is 5.75 Å². The lowest BCUT2D eigenvalue weighted by Gasteiger charge is -2.05. The molecule has 0 saturated carbocycles. The number of amides is 1. The maximum Gasteiger partial charge on any atom is 0.416 e. The Balaban J connectivity index is 1.23. The molecule has 4 rings (SSSR count). The predicted molar refractivity (Wildman–Crippen MR) is 131 cm³/mol. The molecule has 0 bridgehead atoms. The second kappa shape index (κ2) is 11.0. The lowest BCUT2D eigenvalue weighted by molar-refractivity contribution is -0.137. The van der Waals surface area contributed by atoms with Gasteiger partial charge < -0.3 is 0 Å². The summed E-state index contributed by atoms with van der Waals surface area (Å²) in [5.41, 5.74) is 3.28. The van der Waals surface area contributed by atoms with Crippen molar-refractivity contribution in [1.29, 1.82) is 0 Å². The number of fused-ring (bicyclic) bond motifs is 1. The quantitative estimate of drug-likeness (QED) is 0.170. The van der Waals surface area contributed by atoms with Gasteiger partial charge in [-0.25, -0.2) is 5.43 Å². The molecule has 1 amide bonds. The van der Waals surface area contributed by atoms with Crippen molar-refractivity contribution in [3.05, 3.63) is 83.4 Å². The van der Waals surface area contributed by atoms with Gasteiger partial charge in [-0.15, -0.1) is 10.2 Å². The van der Waals surface area contributed by atoms with Gasteiger partial charge in [-0.05, 0) is 34.0 Å². The van der Waals surface area contributed by atoms with Gasteiger partial charge >= 0.3 is 6.18 Å². The summed E-state index contributed by atoms with van der Waals surface area (Å²) >= 11 is 4.26. The number of hydrogen-bond donors (Lipinski definition) is 1. The van der Waals surface area contributed by atoms with Crippen molar-refractivity contribution < 1.29 is 18.0 Å². The minimum atomic E-state index is -4.39. The van der Waals surface area contributed by atoms with Crippen LogP contribution in [0.15, 0.2) is 80.5 Å². The molecule has 1 heterocycles. The minimum absolute atomic E-state index is 0.0903. The number of aromatic nitrogens is 2. The second-order valence-corrected chi connectivity index (χ2v) is 10.4. The van der Waals surface area contributed by atoms with Crippen LogP contribution in [0.3, 0.4) is 0 Å². The maximum atomic E-state index is 12.6. The Morgan fingerprint density at radius 2 is 1.68 bits per heavy atom. The van der Waals surface area contributed by atoms with E-state index in [4.69, 9.17) is 0 Å². The summed E-state index contributed by atoms with van der Waals surface area (Å²) in [5.74, 6) is 0.501. The Morgan fingerprint density at radius 3 is 2.44 bits per heavy atom. The lowest BCUT2D eigenvalue weighted by Crippen LogP contribution is -2.19. The number of carbonyl (C=O) groups is 1. The van der Waals surface area contributed by atoms with Crippen LogP contribution in [-0.2, 0) is 16.7 Å².